The molecule has 0 saturated carbocycles. The van der Waals surface area contributed by atoms with Crippen LogP contribution in [0, 0.1) is 5.82 Å². The Balaban J connectivity index is 1.94. The lowest BCUT2D eigenvalue weighted by Gasteiger charge is -2.33. The molecule has 0 radical (unpaired) electrons. The summed E-state index contributed by atoms with van der Waals surface area (Å²) >= 11 is 0. The molecule has 2 aromatic carbocycles. The molecule has 156 valence electrons. The molecule has 0 aliphatic carbocycles. The van der Waals surface area contributed by atoms with Gasteiger partial charge >= 0.3 is 0 Å². The highest BCUT2D eigenvalue weighted by Crippen LogP contribution is 2.52. The number of carbonyl (C=O) groups is 2. The van der Waals surface area contributed by atoms with E-state index in [0.29, 0.717) is 24.2 Å². The molecule has 6 nitrogen and oxygen atoms in total. The summed E-state index contributed by atoms with van der Waals surface area (Å²) < 4.78 is 19.8. The summed E-state index contributed by atoms with van der Waals surface area (Å²) in [6.45, 7) is 6.13. The summed E-state index contributed by atoms with van der Waals surface area (Å²) in [4.78, 5) is 44.0. The summed E-state index contributed by atoms with van der Waals surface area (Å²) in [5.74, 6) is -1.76. The molecule has 1 unspecified atom stereocenters. The van der Waals surface area contributed by atoms with Gasteiger partial charge in [-0.05, 0) is 30.7 Å². The first-order valence-corrected chi connectivity index (χ1v) is 10.1. The lowest BCUT2D eigenvalue weighted by molar-refractivity contribution is -0.125. The van der Waals surface area contributed by atoms with E-state index in [1.807, 2.05) is 13.0 Å². The number of para-hydroxylation sites is 1. The molecule has 5 rings (SSSR count). The van der Waals surface area contributed by atoms with Crippen molar-refractivity contribution in [3.8, 4) is 0 Å². The topological polar surface area (TPSA) is 70.8 Å². The van der Waals surface area contributed by atoms with E-state index in [1.165, 1.54) is 17.0 Å². The van der Waals surface area contributed by atoms with Gasteiger partial charge in [0.2, 0.25) is 5.76 Å². The van der Waals surface area contributed by atoms with Crippen molar-refractivity contribution in [1.82, 2.24) is 4.90 Å². The van der Waals surface area contributed by atoms with Crippen molar-refractivity contribution in [2.75, 3.05) is 18.0 Å². The maximum Gasteiger partial charge on any atom is 0.291 e. The number of anilines is 1. The summed E-state index contributed by atoms with van der Waals surface area (Å²) in [7, 11) is 0. The molecular weight excluding hydrogens is 399 g/mol. The Morgan fingerprint density at radius 1 is 1.16 bits per heavy atom. The highest BCUT2D eigenvalue weighted by atomic mass is 19.1. The minimum Gasteiger partial charge on any atom is -0.450 e. The second-order valence-electron chi connectivity index (χ2n) is 7.66. The number of carbonyl (C=O) groups excluding carboxylic acids is 2. The largest absolute Gasteiger partial charge is 0.450 e. The van der Waals surface area contributed by atoms with Gasteiger partial charge in [0.15, 0.2) is 11.0 Å². The van der Waals surface area contributed by atoms with Crippen LogP contribution in [0.15, 0.2) is 64.3 Å². The minimum atomic E-state index is -1.67. The maximum atomic E-state index is 14.0. The molecule has 0 saturated heterocycles. The van der Waals surface area contributed by atoms with Crippen molar-refractivity contribution in [2.45, 2.75) is 18.9 Å². The third kappa shape index (κ3) is 2.28. The quantitative estimate of drug-likeness (QED) is 0.608. The molecule has 2 aliphatic heterocycles. The number of fused-ring (bicyclic) bond motifs is 5. The molecule has 31 heavy (non-hydrogen) atoms. The van der Waals surface area contributed by atoms with Gasteiger partial charge in [-0.25, -0.2) is 4.39 Å². The van der Waals surface area contributed by atoms with Crippen LogP contribution in [0.4, 0.5) is 10.1 Å². The van der Waals surface area contributed by atoms with Crippen LogP contribution < -0.4 is 10.3 Å². The Kier molecular flexibility index (Phi) is 4.12. The Morgan fingerprint density at radius 3 is 2.68 bits per heavy atom. The van der Waals surface area contributed by atoms with Crippen LogP contribution in [-0.4, -0.2) is 29.8 Å². The van der Waals surface area contributed by atoms with Gasteiger partial charge in [0.1, 0.15) is 11.4 Å². The number of amides is 2. The van der Waals surface area contributed by atoms with E-state index >= 15 is 0 Å². The zero-order valence-corrected chi connectivity index (χ0v) is 16.9. The Bertz CT molecular complexity index is 1350. The Hall–Kier alpha value is -3.74. The van der Waals surface area contributed by atoms with Crippen molar-refractivity contribution in [2.24, 2.45) is 0 Å². The lowest BCUT2D eigenvalue weighted by Crippen LogP contribution is -2.53. The average molecular weight is 418 g/mol. The molecule has 0 fully saturated rings. The van der Waals surface area contributed by atoms with Gasteiger partial charge in [-0.2, -0.15) is 0 Å². The van der Waals surface area contributed by atoms with Crippen LogP contribution in [0.2, 0.25) is 0 Å². The summed E-state index contributed by atoms with van der Waals surface area (Å²) in [5, 5.41) is -0.00870. The van der Waals surface area contributed by atoms with Crippen LogP contribution in [0.3, 0.4) is 0 Å². The number of hydrogen-bond acceptors (Lipinski definition) is 4. The van der Waals surface area contributed by atoms with E-state index in [1.54, 1.807) is 23.1 Å². The van der Waals surface area contributed by atoms with E-state index < -0.39 is 28.6 Å². The van der Waals surface area contributed by atoms with Gasteiger partial charge in [0.25, 0.3) is 11.8 Å². The molecule has 2 aliphatic rings. The fourth-order valence-corrected chi connectivity index (χ4v) is 4.79. The molecule has 3 heterocycles. The van der Waals surface area contributed by atoms with Crippen molar-refractivity contribution >= 4 is 28.5 Å². The fraction of sp³-hybridized carbons (Fsp3) is 0.208. The minimum absolute atomic E-state index is 0.00870. The normalized spacial score (nSPS) is 19.4. The van der Waals surface area contributed by atoms with Gasteiger partial charge in [0, 0.05) is 18.7 Å². The Labute approximate surface area is 177 Å². The molecule has 1 atom stereocenters. The van der Waals surface area contributed by atoms with Crippen molar-refractivity contribution in [1.29, 1.82) is 0 Å². The smallest absolute Gasteiger partial charge is 0.291 e. The van der Waals surface area contributed by atoms with Crippen molar-refractivity contribution < 1.29 is 18.4 Å². The molecule has 3 aromatic rings. The highest BCUT2D eigenvalue weighted by molar-refractivity contribution is 6.17. The number of nitrogens with zero attached hydrogens (tertiary/aromatic N) is 2. The van der Waals surface area contributed by atoms with Gasteiger partial charge in [0.05, 0.1) is 16.6 Å². The van der Waals surface area contributed by atoms with Crippen molar-refractivity contribution in [3.63, 3.8) is 0 Å². The molecule has 1 aromatic heterocycles. The van der Waals surface area contributed by atoms with E-state index in [2.05, 4.69) is 6.58 Å². The fourth-order valence-electron chi connectivity index (χ4n) is 4.79. The summed E-state index contributed by atoms with van der Waals surface area (Å²) in [5.41, 5.74) is -1.05. The van der Waals surface area contributed by atoms with Crippen LogP contribution >= 0.6 is 0 Å². The van der Waals surface area contributed by atoms with Crippen LogP contribution in [0.5, 0.6) is 0 Å². The maximum absolute atomic E-state index is 14.0. The van der Waals surface area contributed by atoms with Gasteiger partial charge in [-0.15, -0.1) is 6.58 Å². The van der Waals surface area contributed by atoms with Crippen LogP contribution in [0.25, 0.3) is 11.0 Å². The Morgan fingerprint density at radius 2 is 1.94 bits per heavy atom. The first-order valence-electron chi connectivity index (χ1n) is 10.1. The SMILES string of the molecule is C=CCN1C(=O)c2oc3ccc(F)cc3c(=O)c2C12C(=O)N(CCC)c1ccccc12. The molecule has 0 bridgehead atoms. The predicted molar refractivity (Wildman–Crippen MR) is 114 cm³/mol. The lowest BCUT2D eigenvalue weighted by atomic mass is 9.84. The number of rotatable bonds is 4. The van der Waals surface area contributed by atoms with E-state index in [0.717, 1.165) is 12.1 Å². The molecular formula is C24H19FN2O4. The first kappa shape index (κ1) is 19.2. The summed E-state index contributed by atoms with van der Waals surface area (Å²) in [6, 6.07) is 10.7. The number of hydrogen-bond donors (Lipinski definition) is 0. The molecule has 0 N–H and O–H groups in total. The van der Waals surface area contributed by atoms with Crippen LogP contribution in [-0.2, 0) is 10.3 Å². The van der Waals surface area contributed by atoms with E-state index in [9.17, 15) is 18.8 Å². The van der Waals surface area contributed by atoms with Gasteiger partial charge in [-0.3, -0.25) is 14.4 Å². The second-order valence-corrected chi connectivity index (χ2v) is 7.66. The van der Waals surface area contributed by atoms with Crippen LogP contribution in [0.1, 0.15) is 35.0 Å². The van der Waals surface area contributed by atoms with Gasteiger partial charge < -0.3 is 14.2 Å². The monoisotopic (exact) mass is 418 g/mol. The zero-order valence-electron chi connectivity index (χ0n) is 16.9. The molecule has 1 spiro atoms. The van der Waals surface area contributed by atoms with E-state index in [-0.39, 0.29) is 28.8 Å². The van der Waals surface area contributed by atoms with Gasteiger partial charge in [-0.1, -0.05) is 31.2 Å². The van der Waals surface area contributed by atoms with Crippen molar-refractivity contribution in [3.05, 3.63) is 88.0 Å². The molecule has 7 heteroatoms. The molecule has 2 amide bonds. The second kappa shape index (κ2) is 6.63. The van der Waals surface area contributed by atoms with E-state index in [4.69, 9.17) is 4.42 Å². The predicted octanol–water partition coefficient (Wildman–Crippen LogP) is 3.57. The average Bonchev–Trinajstić information content (AvgIpc) is 3.15. The third-order valence-corrected chi connectivity index (χ3v) is 5.96. The third-order valence-electron chi connectivity index (χ3n) is 5.96. The number of benzene rings is 2. The highest BCUT2D eigenvalue weighted by Gasteiger charge is 2.64. The summed E-state index contributed by atoms with van der Waals surface area (Å²) in [6.07, 6.45) is 2.20. The standard InChI is InChI=1S/C24H19FN2O4/c1-3-11-26-17-8-6-5-7-16(17)24(23(26)30)19-20(28)15-13-14(25)9-10-18(15)31-21(19)22(29)27(24)12-4-2/h4-10,13H,2-3,11-12H2,1H3. The first-order chi connectivity index (χ1) is 15.0. The number of halogens is 1. The zero-order chi connectivity index (χ0) is 21.9.